The topological polar surface area (TPSA) is 66.0 Å². The van der Waals surface area contributed by atoms with Crippen molar-refractivity contribution in [2.45, 2.75) is 13.5 Å². The summed E-state index contributed by atoms with van der Waals surface area (Å²) in [5.74, 6) is 1.55. The highest BCUT2D eigenvalue weighted by Crippen LogP contribution is 2.30. The maximum absolute atomic E-state index is 6.01. The van der Waals surface area contributed by atoms with E-state index in [0.717, 1.165) is 5.69 Å². The molecule has 0 radical (unpaired) electrons. The first-order chi connectivity index (χ1) is 10.2. The van der Waals surface area contributed by atoms with Crippen molar-refractivity contribution >= 4 is 11.6 Å². The van der Waals surface area contributed by atoms with Crippen LogP contribution in [0.4, 0.5) is 0 Å². The molecule has 1 aromatic carbocycles. The van der Waals surface area contributed by atoms with Crippen LogP contribution in [-0.4, -0.2) is 27.0 Å². The van der Waals surface area contributed by atoms with Crippen LogP contribution >= 0.6 is 11.6 Å². The van der Waals surface area contributed by atoms with Crippen LogP contribution in [0, 0.1) is 6.92 Å². The molecule has 0 spiro atoms. The van der Waals surface area contributed by atoms with Crippen molar-refractivity contribution in [3.63, 3.8) is 0 Å². The van der Waals surface area contributed by atoms with Gasteiger partial charge < -0.3 is 9.26 Å². The van der Waals surface area contributed by atoms with Gasteiger partial charge in [-0.15, -0.1) is 0 Å². The lowest BCUT2D eigenvalue weighted by Gasteiger charge is -2.04. The first kappa shape index (κ1) is 13.6. The highest BCUT2D eigenvalue weighted by Gasteiger charge is 2.14. The number of hydrogen-bond acceptors (Lipinski definition) is 5. The standard InChI is InChI=1S/C14H13ClN4O2/c1-9-5-6-19(17-9)8-13-16-14(18-21-13)11-7-10(15)3-4-12(11)20-2/h3-7H,8H2,1-2H3. The molecule has 21 heavy (non-hydrogen) atoms. The lowest BCUT2D eigenvalue weighted by atomic mass is 10.2. The van der Waals surface area contributed by atoms with Gasteiger partial charge in [0.1, 0.15) is 12.3 Å². The predicted molar refractivity (Wildman–Crippen MR) is 77.4 cm³/mol. The van der Waals surface area contributed by atoms with Crippen molar-refractivity contribution in [2.24, 2.45) is 0 Å². The Balaban J connectivity index is 1.89. The molecule has 0 aliphatic carbocycles. The van der Waals surface area contributed by atoms with Gasteiger partial charge >= 0.3 is 0 Å². The number of rotatable bonds is 4. The minimum absolute atomic E-state index is 0.420. The minimum Gasteiger partial charge on any atom is -0.496 e. The Morgan fingerprint density at radius 1 is 1.33 bits per heavy atom. The molecule has 3 aromatic rings. The van der Waals surface area contributed by atoms with E-state index in [4.69, 9.17) is 20.9 Å². The van der Waals surface area contributed by atoms with E-state index in [-0.39, 0.29) is 0 Å². The highest BCUT2D eigenvalue weighted by atomic mass is 35.5. The Bertz CT molecular complexity index is 766. The minimum atomic E-state index is 0.420. The molecule has 0 unspecified atom stereocenters. The number of methoxy groups -OCH3 is 1. The average molecular weight is 305 g/mol. The summed E-state index contributed by atoms with van der Waals surface area (Å²) in [5, 5.41) is 8.84. The summed E-state index contributed by atoms with van der Waals surface area (Å²) in [6.45, 7) is 2.34. The lowest BCUT2D eigenvalue weighted by molar-refractivity contribution is 0.365. The van der Waals surface area contributed by atoms with Crippen molar-refractivity contribution < 1.29 is 9.26 Å². The molecule has 7 heteroatoms. The maximum atomic E-state index is 6.01. The molecule has 6 nitrogen and oxygen atoms in total. The number of aromatic nitrogens is 4. The third-order valence-electron chi connectivity index (χ3n) is 2.94. The van der Waals surface area contributed by atoms with Crippen LogP contribution in [0.1, 0.15) is 11.6 Å². The lowest BCUT2D eigenvalue weighted by Crippen LogP contribution is -2.00. The van der Waals surface area contributed by atoms with Gasteiger partial charge in [-0.1, -0.05) is 16.8 Å². The highest BCUT2D eigenvalue weighted by molar-refractivity contribution is 6.30. The summed E-state index contributed by atoms with van der Waals surface area (Å²) in [5.41, 5.74) is 1.63. The number of benzene rings is 1. The zero-order chi connectivity index (χ0) is 14.8. The second-order valence-corrected chi connectivity index (χ2v) is 4.95. The van der Waals surface area contributed by atoms with E-state index < -0.39 is 0 Å². The van der Waals surface area contributed by atoms with Gasteiger partial charge in [-0.2, -0.15) is 10.1 Å². The Hall–Kier alpha value is -2.34. The van der Waals surface area contributed by atoms with E-state index >= 15 is 0 Å². The normalized spacial score (nSPS) is 10.8. The van der Waals surface area contributed by atoms with Gasteiger partial charge in [-0.05, 0) is 31.2 Å². The van der Waals surface area contributed by atoms with Gasteiger partial charge in [0.05, 0.1) is 18.4 Å². The molecule has 2 heterocycles. The molecule has 0 aliphatic rings. The second kappa shape index (κ2) is 5.57. The van der Waals surface area contributed by atoms with Gasteiger partial charge in [0.25, 0.3) is 0 Å². The molecule has 0 amide bonds. The number of halogens is 1. The fourth-order valence-corrected chi connectivity index (χ4v) is 2.15. The predicted octanol–water partition coefficient (Wildman–Crippen LogP) is 2.95. The Morgan fingerprint density at radius 3 is 2.90 bits per heavy atom. The SMILES string of the molecule is COc1ccc(Cl)cc1-c1noc(Cn2ccc(C)n2)n1. The maximum Gasteiger partial charge on any atom is 0.248 e. The molecule has 0 N–H and O–H groups in total. The van der Waals surface area contributed by atoms with Crippen molar-refractivity contribution in [2.75, 3.05) is 7.11 Å². The van der Waals surface area contributed by atoms with Crippen LogP contribution in [-0.2, 0) is 6.54 Å². The van der Waals surface area contributed by atoms with E-state index in [2.05, 4.69) is 15.2 Å². The third kappa shape index (κ3) is 2.90. The number of hydrogen-bond donors (Lipinski definition) is 0. The first-order valence-corrected chi connectivity index (χ1v) is 6.70. The average Bonchev–Trinajstić information content (AvgIpc) is 3.08. The third-order valence-corrected chi connectivity index (χ3v) is 3.18. The Labute approximate surface area is 126 Å². The van der Waals surface area contributed by atoms with E-state index in [1.54, 1.807) is 30.0 Å². The van der Waals surface area contributed by atoms with Crippen molar-refractivity contribution in [3.05, 3.63) is 47.1 Å². The molecule has 2 aromatic heterocycles. The van der Waals surface area contributed by atoms with Gasteiger partial charge in [-0.3, -0.25) is 4.68 Å². The Morgan fingerprint density at radius 2 is 2.19 bits per heavy atom. The largest absolute Gasteiger partial charge is 0.496 e. The molecular formula is C14H13ClN4O2. The van der Waals surface area contributed by atoms with Gasteiger partial charge in [0.2, 0.25) is 11.7 Å². The zero-order valence-electron chi connectivity index (χ0n) is 11.6. The van der Waals surface area contributed by atoms with Gasteiger partial charge in [0, 0.05) is 11.2 Å². The van der Waals surface area contributed by atoms with Crippen LogP contribution in [0.15, 0.2) is 35.0 Å². The molecule has 0 atom stereocenters. The molecule has 0 fully saturated rings. The summed E-state index contributed by atoms with van der Waals surface area (Å²) in [6.07, 6.45) is 1.86. The van der Waals surface area contributed by atoms with E-state index in [0.29, 0.717) is 34.6 Å². The summed E-state index contributed by atoms with van der Waals surface area (Å²) in [4.78, 5) is 4.36. The smallest absolute Gasteiger partial charge is 0.248 e. The van der Waals surface area contributed by atoms with Crippen molar-refractivity contribution in [1.29, 1.82) is 0 Å². The van der Waals surface area contributed by atoms with Crippen LogP contribution in [0.3, 0.4) is 0 Å². The molecule has 0 bridgehead atoms. The molecule has 0 aliphatic heterocycles. The van der Waals surface area contributed by atoms with Gasteiger partial charge in [-0.25, -0.2) is 0 Å². The van der Waals surface area contributed by atoms with Crippen molar-refractivity contribution in [1.82, 2.24) is 19.9 Å². The monoisotopic (exact) mass is 304 g/mol. The molecule has 0 saturated heterocycles. The number of ether oxygens (including phenoxy) is 1. The van der Waals surface area contributed by atoms with Gasteiger partial charge in [0.15, 0.2) is 0 Å². The van der Waals surface area contributed by atoms with E-state index in [1.807, 2.05) is 19.2 Å². The number of aryl methyl sites for hydroxylation is 1. The fraction of sp³-hybridized carbons (Fsp3) is 0.214. The zero-order valence-corrected chi connectivity index (χ0v) is 12.3. The molecule has 108 valence electrons. The van der Waals surface area contributed by atoms with E-state index in [9.17, 15) is 0 Å². The summed E-state index contributed by atoms with van der Waals surface area (Å²) in [6, 6.07) is 7.17. The molecular weight excluding hydrogens is 292 g/mol. The summed E-state index contributed by atoms with van der Waals surface area (Å²) in [7, 11) is 1.58. The molecule has 0 saturated carbocycles. The Kier molecular flexibility index (Phi) is 3.62. The van der Waals surface area contributed by atoms with Crippen LogP contribution in [0.25, 0.3) is 11.4 Å². The van der Waals surface area contributed by atoms with E-state index in [1.165, 1.54) is 0 Å². The van der Waals surface area contributed by atoms with Crippen LogP contribution < -0.4 is 4.74 Å². The van der Waals surface area contributed by atoms with Crippen molar-refractivity contribution in [3.8, 4) is 17.1 Å². The summed E-state index contributed by atoms with van der Waals surface area (Å²) >= 11 is 6.01. The first-order valence-electron chi connectivity index (χ1n) is 6.32. The van der Waals surface area contributed by atoms with Crippen LogP contribution in [0.5, 0.6) is 5.75 Å². The molecule has 3 rings (SSSR count). The number of nitrogens with zero attached hydrogens (tertiary/aromatic N) is 4. The quantitative estimate of drug-likeness (QED) is 0.741. The summed E-state index contributed by atoms with van der Waals surface area (Å²) < 4.78 is 12.3. The second-order valence-electron chi connectivity index (χ2n) is 4.51. The van der Waals surface area contributed by atoms with Crippen LogP contribution in [0.2, 0.25) is 5.02 Å². The fourth-order valence-electron chi connectivity index (χ4n) is 1.97.